The maximum absolute atomic E-state index is 10.3. The van der Waals surface area contributed by atoms with E-state index in [4.69, 9.17) is 0 Å². The van der Waals surface area contributed by atoms with E-state index in [1.807, 2.05) is 0 Å². The molecule has 0 amide bonds. The van der Waals surface area contributed by atoms with Gasteiger partial charge in [0.05, 0.1) is 0 Å². The van der Waals surface area contributed by atoms with Crippen molar-refractivity contribution in [2.24, 2.45) is 0 Å². The van der Waals surface area contributed by atoms with Crippen molar-refractivity contribution in [3.8, 4) is 23.0 Å². The van der Waals surface area contributed by atoms with E-state index in [9.17, 15) is 20.4 Å². The molecule has 118 valence electrons. The largest absolute Gasteiger partial charge is 0.508 e. The summed E-state index contributed by atoms with van der Waals surface area (Å²) in [6.07, 6.45) is 1.69. The molecular weight excluding hydrogens is 280 g/mol. The van der Waals surface area contributed by atoms with Gasteiger partial charge in [-0.3, -0.25) is 0 Å². The third-order valence-corrected chi connectivity index (χ3v) is 4.35. The molecule has 0 bridgehead atoms. The molecule has 0 atom stereocenters. The van der Waals surface area contributed by atoms with Crippen molar-refractivity contribution in [3.05, 3.63) is 46.0 Å². The van der Waals surface area contributed by atoms with Crippen molar-refractivity contribution in [2.45, 2.75) is 40.0 Å². The second-order valence-electron chi connectivity index (χ2n) is 5.68. The number of benzene rings is 2. The zero-order valence-corrected chi connectivity index (χ0v) is 13.1. The van der Waals surface area contributed by atoms with Crippen molar-refractivity contribution in [1.82, 2.24) is 0 Å². The Morgan fingerprint density at radius 2 is 1.18 bits per heavy atom. The third kappa shape index (κ3) is 2.82. The van der Waals surface area contributed by atoms with Crippen molar-refractivity contribution in [3.63, 3.8) is 0 Å². The molecule has 0 spiro atoms. The molecule has 22 heavy (non-hydrogen) atoms. The molecule has 0 heterocycles. The van der Waals surface area contributed by atoms with E-state index < -0.39 is 0 Å². The van der Waals surface area contributed by atoms with Crippen molar-refractivity contribution in [2.75, 3.05) is 0 Å². The standard InChI is InChI=1S/C18H22O4/c1-10-11(2)18(22)13(12(3)17(10)21)6-4-7-14-15(19)8-5-9-16(14)20/h5,8-9,19-22H,4,6-7H2,1-3H3. The second-order valence-corrected chi connectivity index (χ2v) is 5.68. The van der Waals surface area contributed by atoms with E-state index in [2.05, 4.69) is 0 Å². The van der Waals surface area contributed by atoms with Crippen LogP contribution >= 0.6 is 0 Å². The van der Waals surface area contributed by atoms with Crippen LogP contribution in [0.2, 0.25) is 0 Å². The lowest BCUT2D eigenvalue weighted by molar-refractivity contribution is 0.434. The summed E-state index contributed by atoms with van der Waals surface area (Å²) in [7, 11) is 0. The molecule has 2 aromatic carbocycles. The number of hydrogen-bond acceptors (Lipinski definition) is 4. The molecular formula is C18H22O4. The number of hydrogen-bond donors (Lipinski definition) is 4. The van der Waals surface area contributed by atoms with Gasteiger partial charge in [-0.1, -0.05) is 6.07 Å². The van der Waals surface area contributed by atoms with Crippen LogP contribution in [-0.2, 0) is 12.8 Å². The summed E-state index contributed by atoms with van der Waals surface area (Å²) in [5.74, 6) is 0.581. The van der Waals surface area contributed by atoms with Crippen LogP contribution < -0.4 is 0 Å². The summed E-state index contributed by atoms with van der Waals surface area (Å²) in [6.45, 7) is 5.34. The number of phenols is 4. The van der Waals surface area contributed by atoms with Gasteiger partial charge >= 0.3 is 0 Å². The average Bonchev–Trinajstić information content (AvgIpc) is 2.49. The van der Waals surface area contributed by atoms with E-state index in [0.29, 0.717) is 41.5 Å². The number of phenolic OH excluding ortho intramolecular Hbond substituents is 4. The lowest BCUT2D eigenvalue weighted by Gasteiger charge is -2.16. The van der Waals surface area contributed by atoms with Crippen LogP contribution in [0.1, 0.15) is 34.2 Å². The Labute approximate surface area is 130 Å². The average molecular weight is 302 g/mol. The first-order valence-corrected chi connectivity index (χ1v) is 7.35. The normalized spacial score (nSPS) is 10.9. The Balaban J connectivity index is 2.20. The number of rotatable bonds is 4. The summed E-state index contributed by atoms with van der Waals surface area (Å²) >= 11 is 0. The third-order valence-electron chi connectivity index (χ3n) is 4.35. The molecule has 0 aliphatic rings. The molecule has 0 unspecified atom stereocenters. The van der Waals surface area contributed by atoms with Crippen LogP contribution in [0.25, 0.3) is 0 Å². The molecule has 0 saturated carbocycles. The van der Waals surface area contributed by atoms with E-state index in [0.717, 1.165) is 5.56 Å². The van der Waals surface area contributed by atoms with Gasteiger partial charge in [-0.25, -0.2) is 0 Å². The summed E-state index contributed by atoms with van der Waals surface area (Å²) in [4.78, 5) is 0. The molecule has 2 aromatic rings. The van der Waals surface area contributed by atoms with Gasteiger partial charge in [0.25, 0.3) is 0 Å². The zero-order chi connectivity index (χ0) is 16.4. The van der Waals surface area contributed by atoms with E-state index >= 15 is 0 Å². The molecule has 0 aliphatic carbocycles. The van der Waals surface area contributed by atoms with E-state index in [-0.39, 0.29) is 23.0 Å². The second kappa shape index (κ2) is 6.18. The Hall–Kier alpha value is -2.36. The zero-order valence-electron chi connectivity index (χ0n) is 13.1. The Morgan fingerprint density at radius 3 is 1.77 bits per heavy atom. The predicted octanol–water partition coefficient (Wildman–Crippen LogP) is 3.61. The smallest absolute Gasteiger partial charge is 0.122 e. The minimum atomic E-state index is 0.0730. The van der Waals surface area contributed by atoms with Gasteiger partial charge in [-0.2, -0.15) is 0 Å². The van der Waals surface area contributed by atoms with Gasteiger partial charge in [-0.15, -0.1) is 0 Å². The number of aromatic hydroxyl groups is 4. The lowest BCUT2D eigenvalue weighted by Crippen LogP contribution is -1.98. The molecule has 2 rings (SSSR count). The maximum atomic E-state index is 10.3. The van der Waals surface area contributed by atoms with Gasteiger partial charge in [0.2, 0.25) is 0 Å². The minimum absolute atomic E-state index is 0.0730. The molecule has 4 N–H and O–H groups in total. The highest BCUT2D eigenvalue weighted by Gasteiger charge is 2.16. The van der Waals surface area contributed by atoms with Crippen molar-refractivity contribution >= 4 is 0 Å². The minimum Gasteiger partial charge on any atom is -0.508 e. The first kappa shape index (κ1) is 16.0. The molecule has 0 aliphatic heterocycles. The summed E-state index contributed by atoms with van der Waals surface area (Å²) in [6, 6.07) is 4.67. The first-order valence-electron chi connectivity index (χ1n) is 7.35. The van der Waals surface area contributed by atoms with Crippen LogP contribution in [0.15, 0.2) is 18.2 Å². The SMILES string of the molecule is Cc1c(C)c(O)c(CCCc2c(O)cccc2O)c(C)c1O. The predicted molar refractivity (Wildman–Crippen MR) is 85.8 cm³/mol. The highest BCUT2D eigenvalue weighted by Crippen LogP contribution is 2.37. The maximum Gasteiger partial charge on any atom is 0.122 e. The Kier molecular flexibility index (Phi) is 4.50. The topological polar surface area (TPSA) is 80.9 Å². The fourth-order valence-corrected chi connectivity index (χ4v) is 2.75. The molecule has 0 saturated heterocycles. The van der Waals surface area contributed by atoms with Crippen LogP contribution in [0.3, 0.4) is 0 Å². The molecule has 0 aromatic heterocycles. The van der Waals surface area contributed by atoms with Crippen LogP contribution in [0, 0.1) is 20.8 Å². The molecule has 4 heteroatoms. The van der Waals surface area contributed by atoms with Crippen LogP contribution in [0.4, 0.5) is 0 Å². The van der Waals surface area contributed by atoms with Gasteiger partial charge < -0.3 is 20.4 Å². The highest BCUT2D eigenvalue weighted by atomic mass is 16.3. The van der Waals surface area contributed by atoms with Gasteiger partial charge in [0, 0.05) is 11.1 Å². The Bertz CT molecular complexity index is 655. The summed E-state index contributed by atoms with van der Waals surface area (Å²) in [5.41, 5.74) is 3.28. The fourth-order valence-electron chi connectivity index (χ4n) is 2.75. The molecule has 0 radical (unpaired) electrons. The van der Waals surface area contributed by atoms with E-state index in [1.165, 1.54) is 0 Å². The fraction of sp³-hybridized carbons (Fsp3) is 0.333. The lowest BCUT2D eigenvalue weighted by atomic mass is 9.93. The van der Waals surface area contributed by atoms with Crippen molar-refractivity contribution in [1.29, 1.82) is 0 Å². The first-order chi connectivity index (χ1) is 10.3. The summed E-state index contributed by atoms with van der Waals surface area (Å²) in [5, 5.41) is 39.9. The van der Waals surface area contributed by atoms with Crippen molar-refractivity contribution < 1.29 is 20.4 Å². The van der Waals surface area contributed by atoms with Crippen LogP contribution in [0.5, 0.6) is 23.0 Å². The van der Waals surface area contributed by atoms with Gasteiger partial charge in [-0.05, 0) is 68.9 Å². The van der Waals surface area contributed by atoms with Gasteiger partial charge in [0.15, 0.2) is 0 Å². The molecule has 4 nitrogen and oxygen atoms in total. The quantitative estimate of drug-likeness (QED) is 0.650. The molecule has 0 fully saturated rings. The Morgan fingerprint density at radius 1 is 0.682 bits per heavy atom. The highest BCUT2D eigenvalue weighted by molar-refractivity contribution is 5.56. The van der Waals surface area contributed by atoms with E-state index in [1.54, 1.807) is 39.0 Å². The van der Waals surface area contributed by atoms with Gasteiger partial charge in [0.1, 0.15) is 23.0 Å². The monoisotopic (exact) mass is 302 g/mol. The summed E-state index contributed by atoms with van der Waals surface area (Å²) < 4.78 is 0. The van der Waals surface area contributed by atoms with Crippen LogP contribution in [-0.4, -0.2) is 20.4 Å².